The summed E-state index contributed by atoms with van der Waals surface area (Å²) < 4.78 is 31.2. The number of carbonyl (C=O) groups is 2. The molecule has 0 unspecified atom stereocenters. The van der Waals surface area contributed by atoms with Crippen molar-refractivity contribution in [2.24, 2.45) is 0 Å². The molecule has 0 saturated carbocycles. The Labute approximate surface area is 188 Å². The fourth-order valence-electron chi connectivity index (χ4n) is 4.22. The summed E-state index contributed by atoms with van der Waals surface area (Å²) in [4.78, 5) is 29.7. The second-order valence-electron chi connectivity index (χ2n) is 7.93. The lowest BCUT2D eigenvalue weighted by Gasteiger charge is -2.23. The van der Waals surface area contributed by atoms with Crippen LogP contribution in [0.1, 0.15) is 33.6 Å². The Morgan fingerprint density at radius 2 is 1.56 bits per heavy atom. The van der Waals surface area contributed by atoms with Crippen molar-refractivity contribution in [2.45, 2.75) is 12.8 Å². The maximum Gasteiger partial charge on any atom is 0.257 e. The summed E-state index contributed by atoms with van der Waals surface area (Å²) >= 11 is 0. The van der Waals surface area contributed by atoms with E-state index in [0.717, 1.165) is 0 Å². The Balaban J connectivity index is 1.46. The van der Waals surface area contributed by atoms with Crippen molar-refractivity contribution in [3.05, 3.63) is 59.7 Å². The average molecular weight is 458 g/mol. The zero-order valence-corrected chi connectivity index (χ0v) is 18.9. The summed E-state index contributed by atoms with van der Waals surface area (Å²) in [5.74, 6) is 0.393. The van der Waals surface area contributed by atoms with Crippen LogP contribution in [0, 0.1) is 0 Å². The quantitative estimate of drug-likeness (QED) is 0.703. The van der Waals surface area contributed by atoms with Crippen molar-refractivity contribution >= 4 is 27.5 Å². The number of hydrogen-bond acceptors (Lipinski definition) is 5. The number of para-hydroxylation sites is 1. The highest BCUT2D eigenvalue weighted by Gasteiger charge is 2.30. The van der Waals surface area contributed by atoms with Crippen molar-refractivity contribution in [3.63, 3.8) is 0 Å². The molecule has 0 N–H and O–H groups in total. The molecule has 9 heteroatoms. The standard InChI is InChI=1S/C23H27N3O5S/c1-31-21-10-3-2-9-20(21)23(28)25-12-5-11-24(14-15-25)22(27)18-7-4-8-19(17-18)26-13-6-16-32(26,29)30/h2-4,7-10,17H,5-6,11-16H2,1H3. The number of hydrogen-bond donors (Lipinski definition) is 0. The van der Waals surface area contributed by atoms with E-state index >= 15 is 0 Å². The normalized spacial score (nSPS) is 18.3. The van der Waals surface area contributed by atoms with Crippen molar-refractivity contribution in [2.75, 3.05) is 49.9 Å². The molecular weight excluding hydrogens is 430 g/mol. The number of benzene rings is 2. The molecule has 0 bridgehead atoms. The largest absolute Gasteiger partial charge is 0.496 e. The van der Waals surface area contributed by atoms with Gasteiger partial charge in [0.2, 0.25) is 10.0 Å². The first kappa shape index (κ1) is 22.1. The second kappa shape index (κ2) is 9.20. The highest BCUT2D eigenvalue weighted by atomic mass is 32.2. The molecule has 2 aliphatic rings. The Bertz CT molecular complexity index is 1120. The third-order valence-electron chi connectivity index (χ3n) is 5.89. The Morgan fingerprint density at radius 1 is 0.844 bits per heavy atom. The van der Waals surface area contributed by atoms with Gasteiger partial charge in [0.05, 0.1) is 24.1 Å². The maximum atomic E-state index is 13.2. The number of sulfonamides is 1. The molecule has 8 nitrogen and oxygen atoms in total. The van der Waals surface area contributed by atoms with E-state index in [4.69, 9.17) is 4.74 Å². The van der Waals surface area contributed by atoms with Crippen LogP contribution in [0.3, 0.4) is 0 Å². The van der Waals surface area contributed by atoms with Crippen LogP contribution in [0.15, 0.2) is 48.5 Å². The van der Waals surface area contributed by atoms with Gasteiger partial charge >= 0.3 is 0 Å². The molecule has 2 saturated heterocycles. The third kappa shape index (κ3) is 4.43. The van der Waals surface area contributed by atoms with Gasteiger partial charge in [0.1, 0.15) is 5.75 Å². The molecule has 2 aromatic carbocycles. The maximum absolute atomic E-state index is 13.2. The molecule has 32 heavy (non-hydrogen) atoms. The van der Waals surface area contributed by atoms with Crippen molar-refractivity contribution in [1.82, 2.24) is 9.80 Å². The van der Waals surface area contributed by atoms with Gasteiger partial charge in [0.25, 0.3) is 11.8 Å². The van der Waals surface area contributed by atoms with Crippen LogP contribution >= 0.6 is 0 Å². The first-order chi connectivity index (χ1) is 15.4. The minimum atomic E-state index is -3.31. The first-order valence-electron chi connectivity index (χ1n) is 10.7. The molecule has 0 aromatic heterocycles. The SMILES string of the molecule is COc1ccccc1C(=O)N1CCCN(C(=O)c2cccc(N3CCCS3(=O)=O)c2)CC1. The molecule has 170 valence electrons. The van der Waals surface area contributed by atoms with Gasteiger partial charge in [-0.3, -0.25) is 13.9 Å². The lowest BCUT2D eigenvalue weighted by atomic mass is 10.1. The Hall–Kier alpha value is -3.07. The lowest BCUT2D eigenvalue weighted by Crippen LogP contribution is -2.37. The summed E-state index contributed by atoms with van der Waals surface area (Å²) in [6.45, 7) is 2.34. The van der Waals surface area contributed by atoms with E-state index in [1.54, 1.807) is 52.3 Å². The van der Waals surface area contributed by atoms with E-state index in [9.17, 15) is 18.0 Å². The lowest BCUT2D eigenvalue weighted by molar-refractivity contribution is 0.0717. The number of amides is 2. The Kier molecular flexibility index (Phi) is 6.36. The Morgan fingerprint density at radius 3 is 2.25 bits per heavy atom. The summed E-state index contributed by atoms with van der Waals surface area (Å²) in [7, 11) is -1.77. The molecule has 0 spiro atoms. The molecule has 2 amide bonds. The van der Waals surface area contributed by atoms with Gasteiger partial charge in [-0.15, -0.1) is 0 Å². The van der Waals surface area contributed by atoms with Gasteiger partial charge in [-0.05, 0) is 43.2 Å². The zero-order chi connectivity index (χ0) is 22.7. The van der Waals surface area contributed by atoms with Crippen LogP contribution < -0.4 is 9.04 Å². The highest BCUT2D eigenvalue weighted by Crippen LogP contribution is 2.26. The van der Waals surface area contributed by atoms with E-state index in [1.165, 1.54) is 11.4 Å². The smallest absolute Gasteiger partial charge is 0.257 e. The number of methoxy groups -OCH3 is 1. The van der Waals surface area contributed by atoms with E-state index in [2.05, 4.69) is 0 Å². The van der Waals surface area contributed by atoms with Gasteiger partial charge in [-0.2, -0.15) is 0 Å². The van der Waals surface area contributed by atoms with Gasteiger partial charge in [0, 0.05) is 38.3 Å². The van der Waals surface area contributed by atoms with Crippen molar-refractivity contribution < 1.29 is 22.7 Å². The van der Waals surface area contributed by atoms with E-state index in [0.29, 0.717) is 68.1 Å². The number of carbonyl (C=O) groups excluding carboxylic acids is 2. The topological polar surface area (TPSA) is 87.2 Å². The number of anilines is 1. The molecule has 0 radical (unpaired) electrons. The number of ether oxygens (including phenoxy) is 1. The summed E-state index contributed by atoms with van der Waals surface area (Å²) in [6, 6.07) is 13.9. The van der Waals surface area contributed by atoms with E-state index in [-0.39, 0.29) is 17.6 Å². The molecule has 0 aliphatic carbocycles. The third-order valence-corrected chi connectivity index (χ3v) is 7.76. The van der Waals surface area contributed by atoms with Crippen LogP contribution in [0.4, 0.5) is 5.69 Å². The molecular formula is C23H27N3O5S. The number of rotatable bonds is 4. The van der Waals surface area contributed by atoms with Gasteiger partial charge < -0.3 is 14.5 Å². The van der Waals surface area contributed by atoms with Gasteiger partial charge in [0.15, 0.2) is 0 Å². The fourth-order valence-corrected chi connectivity index (χ4v) is 5.78. The monoisotopic (exact) mass is 457 g/mol. The molecule has 2 aliphatic heterocycles. The average Bonchev–Trinajstić information content (AvgIpc) is 3.00. The molecule has 4 rings (SSSR count). The summed E-state index contributed by atoms with van der Waals surface area (Å²) in [5, 5.41) is 0. The van der Waals surface area contributed by atoms with Crippen LogP contribution in [0.2, 0.25) is 0 Å². The first-order valence-corrected chi connectivity index (χ1v) is 12.3. The number of nitrogens with zero attached hydrogens (tertiary/aromatic N) is 3. The van der Waals surface area contributed by atoms with Crippen molar-refractivity contribution in [3.8, 4) is 5.75 Å². The summed E-state index contributed by atoms with van der Waals surface area (Å²) in [6.07, 6.45) is 1.25. The highest BCUT2D eigenvalue weighted by molar-refractivity contribution is 7.93. The molecule has 2 aromatic rings. The minimum absolute atomic E-state index is 0.113. The molecule has 0 atom stereocenters. The van der Waals surface area contributed by atoms with Crippen LogP contribution in [-0.4, -0.2) is 75.6 Å². The fraction of sp³-hybridized carbons (Fsp3) is 0.391. The van der Waals surface area contributed by atoms with Gasteiger partial charge in [-0.1, -0.05) is 18.2 Å². The molecule has 2 heterocycles. The predicted octanol–water partition coefficient (Wildman–Crippen LogP) is 2.22. The summed E-state index contributed by atoms with van der Waals surface area (Å²) in [5.41, 5.74) is 1.49. The van der Waals surface area contributed by atoms with Crippen LogP contribution in [0.5, 0.6) is 5.75 Å². The van der Waals surface area contributed by atoms with E-state index < -0.39 is 10.0 Å². The van der Waals surface area contributed by atoms with Crippen LogP contribution in [0.25, 0.3) is 0 Å². The van der Waals surface area contributed by atoms with Crippen LogP contribution in [-0.2, 0) is 10.0 Å². The van der Waals surface area contributed by atoms with E-state index in [1.807, 2.05) is 6.07 Å². The van der Waals surface area contributed by atoms with Crippen molar-refractivity contribution in [1.29, 1.82) is 0 Å². The second-order valence-corrected chi connectivity index (χ2v) is 9.94. The van der Waals surface area contributed by atoms with Gasteiger partial charge in [-0.25, -0.2) is 8.42 Å². The predicted molar refractivity (Wildman–Crippen MR) is 122 cm³/mol. The zero-order valence-electron chi connectivity index (χ0n) is 18.1. The molecule has 2 fully saturated rings. The minimum Gasteiger partial charge on any atom is -0.496 e.